The molecular formula is C16H18ClN3O3S. The first-order valence-electron chi connectivity index (χ1n) is 8.09. The summed E-state index contributed by atoms with van der Waals surface area (Å²) in [6, 6.07) is 4.55. The Morgan fingerprint density at radius 1 is 1.29 bits per heavy atom. The summed E-state index contributed by atoms with van der Waals surface area (Å²) in [5.41, 5.74) is 0.564. The summed E-state index contributed by atoms with van der Waals surface area (Å²) in [5.74, 6) is 1.48. The molecule has 6 nitrogen and oxygen atoms in total. The molecule has 1 atom stereocenters. The molecule has 4 rings (SSSR count). The third-order valence-electron chi connectivity index (χ3n) is 4.69. The van der Waals surface area contributed by atoms with E-state index in [0.717, 1.165) is 19.3 Å². The third kappa shape index (κ3) is 2.64. The average Bonchev–Trinajstić information content (AvgIpc) is 3.09. The molecule has 0 bridgehead atoms. The Kier molecular flexibility index (Phi) is 3.89. The monoisotopic (exact) mass is 367 g/mol. The van der Waals surface area contributed by atoms with Gasteiger partial charge in [0.1, 0.15) is 6.04 Å². The van der Waals surface area contributed by atoms with E-state index in [1.807, 2.05) is 0 Å². The van der Waals surface area contributed by atoms with Crippen molar-refractivity contribution in [1.29, 1.82) is 0 Å². The van der Waals surface area contributed by atoms with Crippen molar-refractivity contribution in [1.82, 2.24) is 14.4 Å². The van der Waals surface area contributed by atoms with E-state index in [2.05, 4.69) is 10.1 Å². The molecular weight excluding hydrogens is 350 g/mol. The molecule has 1 saturated heterocycles. The van der Waals surface area contributed by atoms with Gasteiger partial charge in [-0.05, 0) is 50.3 Å². The van der Waals surface area contributed by atoms with E-state index in [9.17, 15) is 8.42 Å². The van der Waals surface area contributed by atoms with Crippen LogP contribution in [0.2, 0.25) is 5.02 Å². The van der Waals surface area contributed by atoms with Crippen LogP contribution in [0, 0.1) is 6.92 Å². The van der Waals surface area contributed by atoms with E-state index >= 15 is 0 Å². The van der Waals surface area contributed by atoms with Gasteiger partial charge in [-0.2, -0.15) is 9.29 Å². The van der Waals surface area contributed by atoms with Crippen molar-refractivity contribution in [3.63, 3.8) is 0 Å². The first-order chi connectivity index (χ1) is 11.5. The van der Waals surface area contributed by atoms with Gasteiger partial charge in [0.25, 0.3) is 0 Å². The van der Waals surface area contributed by atoms with Crippen molar-refractivity contribution in [3.05, 3.63) is 40.5 Å². The van der Waals surface area contributed by atoms with E-state index < -0.39 is 16.1 Å². The van der Waals surface area contributed by atoms with Gasteiger partial charge >= 0.3 is 0 Å². The van der Waals surface area contributed by atoms with Crippen LogP contribution in [0.15, 0.2) is 27.6 Å². The van der Waals surface area contributed by atoms with Gasteiger partial charge in [0.2, 0.25) is 15.9 Å². The molecule has 1 unspecified atom stereocenters. The Hall–Kier alpha value is -1.44. The maximum Gasteiger partial charge on any atom is 0.245 e. The molecule has 1 aromatic heterocycles. The maximum absolute atomic E-state index is 13.1. The minimum Gasteiger partial charge on any atom is -0.338 e. The highest BCUT2D eigenvalue weighted by atomic mass is 35.5. The Bertz CT molecular complexity index is 876. The zero-order valence-corrected chi connectivity index (χ0v) is 14.8. The van der Waals surface area contributed by atoms with Crippen LogP contribution in [-0.2, 0) is 10.0 Å². The van der Waals surface area contributed by atoms with Gasteiger partial charge in [0, 0.05) is 17.5 Å². The van der Waals surface area contributed by atoms with Gasteiger partial charge in [0.15, 0.2) is 5.82 Å². The molecule has 1 aliphatic carbocycles. The largest absolute Gasteiger partial charge is 0.338 e. The van der Waals surface area contributed by atoms with E-state index in [0.29, 0.717) is 41.2 Å². The molecule has 1 aliphatic heterocycles. The summed E-state index contributed by atoms with van der Waals surface area (Å²) in [7, 11) is -3.66. The number of aromatic nitrogens is 2. The zero-order chi connectivity index (χ0) is 16.9. The van der Waals surface area contributed by atoms with Gasteiger partial charge in [-0.25, -0.2) is 8.42 Å². The lowest BCUT2D eigenvalue weighted by Gasteiger charge is -2.22. The molecule has 0 N–H and O–H groups in total. The van der Waals surface area contributed by atoms with E-state index in [-0.39, 0.29) is 4.90 Å². The van der Waals surface area contributed by atoms with Crippen LogP contribution < -0.4 is 0 Å². The van der Waals surface area contributed by atoms with Crippen LogP contribution in [0.4, 0.5) is 0 Å². The second-order valence-corrected chi connectivity index (χ2v) is 8.67. The predicted octanol–water partition coefficient (Wildman–Crippen LogP) is 3.43. The lowest BCUT2D eigenvalue weighted by molar-refractivity contribution is 0.289. The molecule has 24 heavy (non-hydrogen) atoms. The number of halogens is 1. The Labute approximate surface area is 145 Å². The molecule has 0 amide bonds. The van der Waals surface area contributed by atoms with Crippen LogP contribution in [0.5, 0.6) is 0 Å². The highest BCUT2D eigenvalue weighted by Gasteiger charge is 2.41. The van der Waals surface area contributed by atoms with Crippen molar-refractivity contribution in [2.45, 2.75) is 49.5 Å². The standard InChI is InChI=1S/C16H18ClN3O3S/c1-10-12(17)4-2-6-14(10)24(21,22)20-9-3-5-13(20)16-18-15(19-23-16)11-7-8-11/h2,4,6,11,13H,3,5,7-9H2,1H3. The van der Waals surface area contributed by atoms with E-state index in [4.69, 9.17) is 16.1 Å². The minimum absolute atomic E-state index is 0.240. The van der Waals surface area contributed by atoms with Crippen LogP contribution >= 0.6 is 11.6 Å². The number of hydrogen-bond donors (Lipinski definition) is 0. The van der Waals surface area contributed by atoms with Crippen molar-refractivity contribution >= 4 is 21.6 Å². The van der Waals surface area contributed by atoms with Crippen LogP contribution in [0.25, 0.3) is 0 Å². The smallest absolute Gasteiger partial charge is 0.245 e. The third-order valence-corrected chi connectivity index (χ3v) is 7.16. The molecule has 1 saturated carbocycles. The summed E-state index contributed by atoms with van der Waals surface area (Å²) < 4.78 is 33.1. The average molecular weight is 368 g/mol. The fourth-order valence-electron chi connectivity index (χ4n) is 3.16. The lowest BCUT2D eigenvalue weighted by atomic mass is 10.2. The molecule has 2 aliphatic rings. The van der Waals surface area contributed by atoms with Crippen molar-refractivity contribution in [2.24, 2.45) is 0 Å². The highest BCUT2D eigenvalue weighted by molar-refractivity contribution is 7.89. The fraction of sp³-hybridized carbons (Fsp3) is 0.500. The van der Waals surface area contributed by atoms with E-state index in [1.54, 1.807) is 25.1 Å². The van der Waals surface area contributed by atoms with Gasteiger partial charge in [0.05, 0.1) is 4.90 Å². The number of sulfonamides is 1. The van der Waals surface area contributed by atoms with E-state index in [1.165, 1.54) is 4.31 Å². The van der Waals surface area contributed by atoms with Crippen molar-refractivity contribution in [2.75, 3.05) is 6.54 Å². The number of benzene rings is 1. The second kappa shape index (κ2) is 5.82. The minimum atomic E-state index is -3.66. The van der Waals surface area contributed by atoms with Crippen molar-refractivity contribution < 1.29 is 12.9 Å². The Morgan fingerprint density at radius 3 is 2.83 bits per heavy atom. The van der Waals surface area contributed by atoms with Crippen LogP contribution in [0.1, 0.15) is 54.9 Å². The maximum atomic E-state index is 13.1. The number of hydrogen-bond acceptors (Lipinski definition) is 5. The summed E-state index contributed by atoms with van der Waals surface area (Å²) in [6.45, 7) is 2.16. The molecule has 1 aromatic carbocycles. The normalized spacial score (nSPS) is 22.2. The summed E-state index contributed by atoms with van der Waals surface area (Å²) in [5, 5.41) is 4.46. The second-order valence-electron chi connectivity index (χ2n) is 6.40. The molecule has 2 aromatic rings. The number of nitrogens with zero attached hydrogens (tertiary/aromatic N) is 3. The lowest BCUT2D eigenvalue weighted by Crippen LogP contribution is -2.31. The molecule has 8 heteroatoms. The van der Waals surface area contributed by atoms with Crippen molar-refractivity contribution in [3.8, 4) is 0 Å². The quantitative estimate of drug-likeness (QED) is 0.827. The predicted molar refractivity (Wildman–Crippen MR) is 88.3 cm³/mol. The fourth-order valence-corrected chi connectivity index (χ4v) is 5.29. The zero-order valence-electron chi connectivity index (χ0n) is 13.3. The summed E-state index contributed by atoms with van der Waals surface area (Å²) >= 11 is 6.10. The van der Waals surface area contributed by atoms with Gasteiger partial charge in [-0.15, -0.1) is 0 Å². The molecule has 128 valence electrons. The Balaban J connectivity index is 1.69. The molecule has 0 radical (unpaired) electrons. The first-order valence-corrected chi connectivity index (χ1v) is 9.91. The van der Waals surface area contributed by atoms with Gasteiger partial charge in [-0.1, -0.05) is 22.8 Å². The van der Waals surface area contributed by atoms with Crippen LogP contribution in [-0.4, -0.2) is 29.4 Å². The SMILES string of the molecule is Cc1c(Cl)cccc1S(=O)(=O)N1CCCC1c1nc(C2CC2)no1. The molecule has 2 heterocycles. The van der Waals surface area contributed by atoms with Crippen LogP contribution in [0.3, 0.4) is 0 Å². The topological polar surface area (TPSA) is 76.3 Å². The first kappa shape index (κ1) is 16.1. The van der Waals surface area contributed by atoms with Gasteiger partial charge in [-0.3, -0.25) is 0 Å². The highest BCUT2D eigenvalue weighted by Crippen LogP contribution is 2.41. The number of rotatable bonds is 4. The summed E-state index contributed by atoms with van der Waals surface area (Å²) in [4.78, 5) is 4.68. The van der Waals surface area contributed by atoms with Gasteiger partial charge < -0.3 is 4.52 Å². The molecule has 0 spiro atoms. The molecule has 2 fully saturated rings. The summed E-state index contributed by atoms with van der Waals surface area (Å²) in [6.07, 6.45) is 3.61. The Morgan fingerprint density at radius 2 is 2.08 bits per heavy atom.